The van der Waals surface area contributed by atoms with Gasteiger partial charge in [-0.2, -0.15) is 0 Å². The Morgan fingerprint density at radius 2 is 1.77 bits per heavy atom. The van der Waals surface area contributed by atoms with Crippen molar-refractivity contribution in [3.63, 3.8) is 0 Å². The number of nitrogens with zero attached hydrogens (tertiary/aromatic N) is 1. The van der Waals surface area contributed by atoms with E-state index < -0.39 is 0 Å². The summed E-state index contributed by atoms with van der Waals surface area (Å²) in [4.78, 5) is 4.56. The van der Waals surface area contributed by atoms with E-state index in [0.29, 0.717) is 16.5 Å². The van der Waals surface area contributed by atoms with Gasteiger partial charge in [0.15, 0.2) is 5.75 Å². The second kappa shape index (κ2) is 6.26. The van der Waals surface area contributed by atoms with Crippen LogP contribution in [0.3, 0.4) is 0 Å². The van der Waals surface area contributed by atoms with Crippen molar-refractivity contribution in [1.29, 1.82) is 0 Å². The van der Waals surface area contributed by atoms with Gasteiger partial charge in [0.05, 0.1) is 16.7 Å². The monoisotopic (exact) mass is 420 g/mol. The molecule has 0 saturated carbocycles. The molecule has 0 fully saturated rings. The number of rotatable bonds is 3. The highest BCUT2D eigenvalue weighted by atomic mass is 79.9. The summed E-state index contributed by atoms with van der Waals surface area (Å²) in [5.41, 5.74) is 3.74. The van der Waals surface area contributed by atoms with Crippen molar-refractivity contribution in [3.8, 4) is 5.75 Å². The fourth-order valence-electron chi connectivity index (χ4n) is 2.21. The Labute approximate surface area is 145 Å². The van der Waals surface area contributed by atoms with Gasteiger partial charge in [-0.3, -0.25) is 0 Å². The van der Waals surface area contributed by atoms with Crippen LogP contribution in [-0.4, -0.2) is 10.1 Å². The van der Waals surface area contributed by atoms with Gasteiger partial charge >= 0.3 is 0 Å². The molecule has 1 aromatic heterocycles. The van der Waals surface area contributed by atoms with Gasteiger partial charge in [0.25, 0.3) is 0 Å². The van der Waals surface area contributed by atoms with Crippen LogP contribution in [0.4, 0.5) is 5.69 Å². The summed E-state index contributed by atoms with van der Waals surface area (Å²) in [6.07, 6.45) is 0. The predicted octanol–water partition coefficient (Wildman–Crippen LogP) is 5.39. The first kappa shape index (κ1) is 15.3. The normalized spacial score (nSPS) is 10.9. The molecule has 3 rings (SSSR count). The standard InChI is InChI=1S/C17H14Br2N2O/c1-10-2-4-11(5-3-10)20-9-12-6-7-13-14(18)8-15(19)17(22)16(13)21-12/h2-8,20,22H,9H2,1H3. The highest BCUT2D eigenvalue weighted by molar-refractivity contribution is 9.11. The van der Waals surface area contributed by atoms with Gasteiger partial charge in [-0.25, -0.2) is 4.98 Å². The van der Waals surface area contributed by atoms with E-state index >= 15 is 0 Å². The van der Waals surface area contributed by atoms with Crippen molar-refractivity contribution in [3.05, 3.63) is 62.7 Å². The molecule has 0 bridgehead atoms. The average molecular weight is 422 g/mol. The molecule has 2 aromatic carbocycles. The van der Waals surface area contributed by atoms with Gasteiger partial charge in [0, 0.05) is 15.5 Å². The third-order valence-electron chi connectivity index (χ3n) is 3.44. The van der Waals surface area contributed by atoms with Gasteiger partial charge in [-0.05, 0) is 53.2 Å². The van der Waals surface area contributed by atoms with Gasteiger partial charge in [0.2, 0.25) is 0 Å². The summed E-state index contributed by atoms with van der Waals surface area (Å²) in [5.74, 6) is 0.162. The number of phenolic OH excluding ortho intramolecular Hbond substituents is 1. The van der Waals surface area contributed by atoms with Crippen molar-refractivity contribution >= 4 is 48.5 Å². The van der Waals surface area contributed by atoms with E-state index in [-0.39, 0.29) is 5.75 Å². The molecule has 2 N–H and O–H groups in total. The average Bonchev–Trinajstić information content (AvgIpc) is 2.52. The zero-order chi connectivity index (χ0) is 15.7. The number of hydrogen-bond acceptors (Lipinski definition) is 3. The maximum Gasteiger partial charge on any atom is 0.156 e. The Morgan fingerprint density at radius 3 is 2.50 bits per heavy atom. The Kier molecular flexibility index (Phi) is 4.36. The molecule has 0 aliphatic heterocycles. The second-order valence-corrected chi connectivity index (χ2v) is 6.82. The zero-order valence-corrected chi connectivity index (χ0v) is 15.1. The number of aromatic nitrogens is 1. The first-order valence-corrected chi connectivity index (χ1v) is 8.40. The Bertz CT molecular complexity index is 832. The van der Waals surface area contributed by atoms with Crippen molar-refractivity contribution in [1.82, 2.24) is 4.98 Å². The molecule has 0 aliphatic carbocycles. The molecule has 1 heterocycles. The first-order valence-electron chi connectivity index (χ1n) is 6.82. The van der Waals surface area contributed by atoms with Crippen LogP contribution in [0.15, 0.2) is 51.4 Å². The van der Waals surface area contributed by atoms with Gasteiger partial charge in [-0.1, -0.05) is 33.6 Å². The Morgan fingerprint density at radius 1 is 1.05 bits per heavy atom. The summed E-state index contributed by atoms with van der Waals surface area (Å²) in [6, 6.07) is 14.0. The third-order valence-corrected chi connectivity index (χ3v) is 4.70. The lowest BCUT2D eigenvalue weighted by molar-refractivity contribution is 0.477. The summed E-state index contributed by atoms with van der Waals surface area (Å²) < 4.78 is 1.53. The molecule has 0 spiro atoms. The third kappa shape index (κ3) is 3.10. The van der Waals surface area contributed by atoms with E-state index in [2.05, 4.69) is 61.2 Å². The number of phenols is 1. The highest BCUT2D eigenvalue weighted by Crippen LogP contribution is 2.36. The van der Waals surface area contributed by atoms with Crippen molar-refractivity contribution < 1.29 is 5.11 Å². The molecular formula is C17H14Br2N2O. The zero-order valence-electron chi connectivity index (χ0n) is 11.9. The minimum atomic E-state index is 0.162. The summed E-state index contributed by atoms with van der Waals surface area (Å²) in [7, 11) is 0. The quantitative estimate of drug-likeness (QED) is 0.596. The van der Waals surface area contributed by atoms with E-state index in [9.17, 15) is 5.11 Å². The first-order chi connectivity index (χ1) is 10.5. The second-order valence-electron chi connectivity index (χ2n) is 5.11. The van der Waals surface area contributed by atoms with Crippen LogP contribution in [0.25, 0.3) is 10.9 Å². The molecule has 22 heavy (non-hydrogen) atoms. The van der Waals surface area contributed by atoms with E-state index in [4.69, 9.17) is 0 Å². The molecule has 0 atom stereocenters. The van der Waals surface area contributed by atoms with Crippen LogP contribution < -0.4 is 5.32 Å². The van der Waals surface area contributed by atoms with E-state index in [1.165, 1.54) is 5.56 Å². The number of anilines is 1. The van der Waals surface area contributed by atoms with Gasteiger partial charge in [-0.15, -0.1) is 0 Å². The van der Waals surface area contributed by atoms with Crippen LogP contribution in [0.2, 0.25) is 0 Å². The fraction of sp³-hybridized carbons (Fsp3) is 0.118. The number of aromatic hydroxyl groups is 1. The fourth-order valence-corrected chi connectivity index (χ4v) is 3.48. The molecule has 0 unspecified atom stereocenters. The molecule has 0 amide bonds. The molecule has 112 valence electrons. The van der Waals surface area contributed by atoms with Crippen LogP contribution in [0, 0.1) is 6.92 Å². The van der Waals surface area contributed by atoms with Crippen LogP contribution >= 0.6 is 31.9 Å². The number of hydrogen-bond donors (Lipinski definition) is 2. The topological polar surface area (TPSA) is 45.1 Å². The van der Waals surface area contributed by atoms with Crippen LogP contribution in [-0.2, 0) is 6.54 Å². The largest absolute Gasteiger partial charge is 0.505 e. The summed E-state index contributed by atoms with van der Waals surface area (Å²) in [6.45, 7) is 2.66. The maximum absolute atomic E-state index is 10.2. The number of nitrogens with one attached hydrogen (secondary N) is 1. The Balaban J connectivity index is 1.88. The summed E-state index contributed by atoms with van der Waals surface area (Å²) >= 11 is 6.83. The number of aryl methyl sites for hydroxylation is 1. The molecular weight excluding hydrogens is 408 g/mol. The molecule has 0 radical (unpaired) electrons. The smallest absolute Gasteiger partial charge is 0.156 e. The SMILES string of the molecule is Cc1ccc(NCc2ccc3c(Br)cc(Br)c(O)c3n2)cc1. The van der Waals surface area contributed by atoms with Gasteiger partial charge < -0.3 is 10.4 Å². The molecule has 0 saturated heterocycles. The van der Waals surface area contributed by atoms with E-state index in [1.807, 2.05) is 30.3 Å². The van der Waals surface area contributed by atoms with Crippen LogP contribution in [0.1, 0.15) is 11.3 Å². The lowest BCUT2D eigenvalue weighted by atomic mass is 10.2. The lowest BCUT2D eigenvalue weighted by Crippen LogP contribution is -2.01. The highest BCUT2D eigenvalue weighted by Gasteiger charge is 2.10. The maximum atomic E-state index is 10.2. The summed E-state index contributed by atoms with van der Waals surface area (Å²) in [5, 5.41) is 14.4. The molecule has 3 nitrogen and oxygen atoms in total. The van der Waals surface area contributed by atoms with Crippen molar-refractivity contribution in [2.24, 2.45) is 0 Å². The lowest BCUT2D eigenvalue weighted by Gasteiger charge is -2.09. The minimum Gasteiger partial charge on any atom is -0.505 e. The number of pyridine rings is 1. The number of halogens is 2. The Hall–Kier alpha value is -1.59. The van der Waals surface area contributed by atoms with E-state index in [0.717, 1.165) is 21.2 Å². The molecule has 0 aliphatic rings. The predicted molar refractivity (Wildman–Crippen MR) is 97.3 cm³/mol. The van der Waals surface area contributed by atoms with E-state index in [1.54, 1.807) is 0 Å². The molecule has 5 heteroatoms. The van der Waals surface area contributed by atoms with Gasteiger partial charge in [0.1, 0.15) is 5.52 Å². The number of fused-ring (bicyclic) bond motifs is 1. The number of benzene rings is 2. The molecule has 3 aromatic rings. The van der Waals surface area contributed by atoms with Crippen LogP contribution in [0.5, 0.6) is 5.75 Å². The minimum absolute atomic E-state index is 0.162. The van der Waals surface area contributed by atoms with Crippen molar-refractivity contribution in [2.75, 3.05) is 5.32 Å². The van der Waals surface area contributed by atoms with Crippen molar-refractivity contribution in [2.45, 2.75) is 13.5 Å².